The maximum atomic E-state index is 9.24. The molecule has 2 rings (SSSR count). The number of aliphatic hydroxyl groups excluding tert-OH is 1. The van der Waals surface area contributed by atoms with E-state index in [1.54, 1.807) is 6.20 Å². The Morgan fingerprint density at radius 1 is 1.67 bits per heavy atom. The molecule has 0 bridgehead atoms. The highest BCUT2D eigenvalue weighted by Gasteiger charge is 2.26. The summed E-state index contributed by atoms with van der Waals surface area (Å²) in [6.45, 7) is 3.06. The third-order valence-corrected chi connectivity index (χ3v) is 2.82. The van der Waals surface area contributed by atoms with Crippen molar-refractivity contribution in [1.82, 2.24) is 9.97 Å². The second-order valence-electron chi connectivity index (χ2n) is 3.91. The lowest BCUT2D eigenvalue weighted by atomic mass is 10.2. The number of nitrogens with two attached hydrogens (primary N) is 1. The Morgan fingerprint density at radius 3 is 3.20 bits per heavy atom. The Hall–Kier alpha value is -1.36. The van der Waals surface area contributed by atoms with E-state index in [0.29, 0.717) is 5.95 Å². The largest absolute Gasteiger partial charge is 0.394 e. The van der Waals surface area contributed by atoms with Gasteiger partial charge in [-0.25, -0.2) is 4.98 Å². The minimum absolute atomic E-state index is 0.170. The molecule has 0 amide bonds. The SMILES string of the molecule is Cc1cnc(N)nc1N1CCCC1CO. The third-order valence-electron chi connectivity index (χ3n) is 2.82. The number of nitrogen functional groups attached to an aromatic ring is 1. The van der Waals surface area contributed by atoms with Crippen LogP contribution in [-0.2, 0) is 0 Å². The normalized spacial score (nSPS) is 20.9. The van der Waals surface area contributed by atoms with Crippen LogP contribution in [0.25, 0.3) is 0 Å². The monoisotopic (exact) mass is 208 g/mol. The lowest BCUT2D eigenvalue weighted by Crippen LogP contribution is -2.33. The Morgan fingerprint density at radius 2 is 2.47 bits per heavy atom. The molecule has 15 heavy (non-hydrogen) atoms. The molecule has 1 saturated heterocycles. The highest BCUT2D eigenvalue weighted by Crippen LogP contribution is 2.26. The average Bonchev–Trinajstić information content (AvgIpc) is 2.69. The minimum atomic E-state index is 0.170. The summed E-state index contributed by atoms with van der Waals surface area (Å²) in [6.07, 6.45) is 3.83. The molecule has 1 atom stereocenters. The summed E-state index contributed by atoms with van der Waals surface area (Å²) in [7, 11) is 0. The van der Waals surface area contributed by atoms with E-state index in [9.17, 15) is 5.11 Å². The highest BCUT2D eigenvalue weighted by atomic mass is 16.3. The van der Waals surface area contributed by atoms with E-state index >= 15 is 0 Å². The lowest BCUT2D eigenvalue weighted by Gasteiger charge is -2.25. The van der Waals surface area contributed by atoms with Crippen molar-refractivity contribution in [2.24, 2.45) is 0 Å². The molecule has 0 aromatic carbocycles. The second-order valence-corrected chi connectivity index (χ2v) is 3.91. The van der Waals surface area contributed by atoms with Crippen molar-refractivity contribution < 1.29 is 5.11 Å². The first kappa shape index (κ1) is 10.2. The summed E-state index contributed by atoms with van der Waals surface area (Å²) in [5.41, 5.74) is 6.57. The van der Waals surface area contributed by atoms with Crippen molar-refractivity contribution in [2.75, 3.05) is 23.8 Å². The van der Waals surface area contributed by atoms with E-state index in [0.717, 1.165) is 30.8 Å². The predicted octanol–water partition coefficient (Wildman–Crippen LogP) is 0.328. The van der Waals surface area contributed by atoms with Crippen molar-refractivity contribution in [2.45, 2.75) is 25.8 Å². The van der Waals surface area contributed by atoms with E-state index in [1.165, 1.54) is 0 Å². The standard InChI is InChI=1S/C10H16N4O/c1-7-5-12-10(11)13-9(7)14-4-2-3-8(14)6-15/h5,8,15H,2-4,6H2,1H3,(H2,11,12,13). The van der Waals surface area contributed by atoms with E-state index < -0.39 is 0 Å². The van der Waals surface area contributed by atoms with Gasteiger partial charge in [-0.1, -0.05) is 0 Å². The van der Waals surface area contributed by atoms with Gasteiger partial charge in [-0.2, -0.15) is 4.98 Å². The molecular formula is C10H16N4O. The van der Waals surface area contributed by atoms with Gasteiger partial charge in [0.05, 0.1) is 12.6 Å². The second kappa shape index (κ2) is 4.02. The molecule has 1 aliphatic heterocycles. The Labute approximate surface area is 88.9 Å². The molecule has 1 aromatic rings. The maximum absolute atomic E-state index is 9.24. The third kappa shape index (κ3) is 1.87. The number of nitrogens with zero attached hydrogens (tertiary/aromatic N) is 3. The van der Waals surface area contributed by atoms with Crippen LogP contribution in [0, 0.1) is 6.92 Å². The molecule has 0 aliphatic carbocycles. The first-order valence-electron chi connectivity index (χ1n) is 5.19. The van der Waals surface area contributed by atoms with Crippen LogP contribution in [0.4, 0.5) is 11.8 Å². The Balaban J connectivity index is 2.31. The molecule has 0 radical (unpaired) electrons. The number of aromatic nitrogens is 2. The van der Waals surface area contributed by atoms with Gasteiger partial charge in [-0.05, 0) is 19.8 Å². The molecular weight excluding hydrogens is 192 g/mol. The van der Waals surface area contributed by atoms with E-state index in [4.69, 9.17) is 5.73 Å². The molecule has 0 saturated carbocycles. The van der Waals surface area contributed by atoms with Gasteiger partial charge in [0.1, 0.15) is 5.82 Å². The zero-order chi connectivity index (χ0) is 10.8. The number of rotatable bonds is 2. The van der Waals surface area contributed by atoms with Gasteiger partial charge in [-0.15, -0.1) is 0 Å². The summed E-state index contributed by atoms with van der Waals surface area (Å²) in [6, 6.07) is 0.179. The number of anilines is 2. The molecule has 2 heterocycles. The van der Waals surface area contributed by atoms with Gasteiger partial charge in [-0.3, -0.25) is 0 Å². The van der Waals surface area contributed by atoms with Crippen LogP contribution in [0.1, 0.15) is 18.4 Å². The summed E-state index contributed by atoms with van der Waals surface area (Å²) in [4.78, 5) is 10.3. The van der Waals surface area contributed by atoms with Gasteiger partial charge in [0.25, 0.3) is 0 Å². The van der Waals surface area contributed by atoms with Crippen LogP contribution in [0.15, 0.2) is 6.20 Å². The fourth-order valence-electron chi connectivity index (χ4n) is 2.04. The van der Waals surface area contributed by atoms with Gasteiger partial charge in [0, 0.05) is 18.3 Å². The Bertz CT molecular complexity index is 355. The van der Waals surface area contributed by atoms with Crippen molar-refractivity contribution in [3.8, 4) is 0 Å². The van der Waals surface area contributed by atoms with Crippen LogP contribution in [0.2, 0.25) is 0 Å². The quantitative estimate of drug-likeness (QED) is 0.732. The summed E-state index contributed by atoms with van der Waals surface area (Å²) in [5.74, 6) is 1.15. The van der Waals surface area contributed by atoms with Crippen LogP contribution < -0.4 is 10.6 Å². The molecule has 1 aliphatic rings. The summed E-state index contributed by atoms with van der Waals surface area (Å²) in [5, 5.41) is 9.24. The summed E-state index contributed by atoms with van der Waals surface area (Å²) >= 11 is 0. The molecule has 3 N–H and O–H groups in total. The zero-order valence-corrected chi connectivity index (χ0v) is 8.85. The van der Waals surface area contributed by atoms with Crippen LogP contribution in [0.3, 0.4) is 0 Å². The number of hydrogen-bond acceptors (Lipinski definition) is 5. The fourth-order valence-corrected chi connectivity index (χ4v) is 2.04. The van der Waals surface area contributed by atoms with Gasteiger partial charge in [0.2, 0.25) is 5.95 Å². The number of aliphatic hydroxyl groups is 1. The smallest absolute Gasteiger partial charge is 0.221 e. The van der Waals surface area contributed by atoms with E-state index in [2.05, 4.69) is 14.9 Å². The number of hydrogen-bond donors (Lipinski definition) is 2. The number of aryl methyl sites for hydroxylation is 1. The zero-order valence-electron chi connectivity index (χ0n) is 8.85. The van der Waals surface area contributed by atoms with Crippen molar-refractivity contribution in [3.05, 3.63) is 11.8 Å². The van der Waals surface area contributed by atoms with E-state index in [-0.39, 0.29) is 12.6 Å². The molecule has 1 aromatic heterocycles. The molecule has 0 spiro atoms. The van der Waals surface area contributed by atoms with Crippen molar-refractivity contribution >= 4 is 11.8 Å². The predicted molar refractivity (Wildman–Crippen MR) is 58.6 cm³/mol. The van der Waals surface area contributed by atoms with Crippen molar-refractivity contribution in [3.63, 3.8) is 0 Å². The molecule has 5 heteroatoms. The van der Waals surface area contributed by atoms with Gasteiger partial charge in [0.15, 0.2) is 0 Å². The van der Waals surface area contributed by atoms with Crippen LogP contribution >= 0.6 is 0 Å². The summed E-state index contributed by atoms with van der Waals surface area (Å²) < 4.78 is 0. The lowest BCUT2D eigenvalue weighted by molar-refractivity contribution is 0.266. The van der Waals surface area contributed by atoms with Crippen LogP contribution in [0.5, 0.6) is 0 Å². The van der Waals surface area contributed by atoms with Gasteiger partial charge >= 0.3 is 0 Å². The maximum Gasteiger partial charge on any atom is 0.221 e. The first-order chi connectivity index (χ1) is 7.22. The molecule has 1 fully saturated rings. The Kier molecular flexibility index (Phi) is 2.73. The molecule has 82 valence electrons. The molecule has 1 unspecified atom stereocenters. The topological polar surface area (TPSA) is 75.3 Å². The first-order valence-corrected chi connectivity index (χ1v) is 5.19. The van der Waals surface area contributed by atoms with Crippen molar-refractivity contribution in [1.29, 1.82) is 0 Å². The average molecular weight is 208 g/mol. The van der Waals surface area contributed by atoms with Gasteiger partial charge < -0.3 is 15.7 Å². The minimum Gasteiger partial charge on any atom is -0.394 e. The van der Waals surface area contributed by atoms with Crippen LogP contribution in [-0.4, -0.2) is 34.3 Å². The fraction of sp³-hybridized carbons (Fsp3) is 0.600. The van der Waals surface area contributed by atoms with E-state index in [1.807, 2.05) is 6.92 Å². The molecule has 5 nitrogen and oxygen atoms in total. The highest BCUT2D eigenvalue weighted by molar-refractivity contribution is 5.49.